The fraction of sp³-hybridized carbons (Fsp3) is 0.667. The van der Waals surface area contributed by atoms with Crippen LogP contribution in [0.25, 0.3) is 0 Å². The summed E-state index contributed by atoms with van der Waals surface area (Å²) in [5.74, 6) is 1.07. The van der Waals surface area contributed by atoms with Crippen LogP contribution in [-0.2, 0) is 18.3 Å². The first kappa shape index (κ1) is 12.3. The number of aryl methyl sites for hydroxylation is 1. The molecule has 0 spiro atoms. The molecule has 0 saturated carbocycles. The molecule has 5 heteroatoms. The smallest absolute Gasteiger partial charge is 0.154 e. The van der Waals surface area contributed by atoms with Crippen LogP contribution in [-0.4, -0.2) is 45.9 Å². The maximum Gasteiger partial charge on any atom is 0.154 e. The molecule has 2 rings (SSSR count). The summed E-state index contributed by atoms with van der Waals surface area (Å²) in [5, 5.41) is 0. The Hall–Kier alpha value is -1.20. The van der Waals surface area contributed by atoms with Crippen molar-refractivity contribution in [2.45, 2.75) is 25.3 Å². The molecule has 0 unspecified atom stereocenters. The SMILES string of the molecule is Cn1ccnc1CC(=O)CN1CCC(N)CC1. The number of nitrogens with zero attached hydrogens (tertiary/aromatic N) is 3. The van der Waals surface area contributed by atoms with Crippen LogP contribution in [0.2, 0.25) is 0 Å². The van der Waals surface area contributed by atoms with E-state index in [1.54, 1.807) is 6.20 Å². The van der Waals surface area contributed by atoms with Crippen LogP contribution < -0.4 is 5.73 Å². The van der Waals surface area contributed by atoms with E-state index in [0.29, 0.717) is 19.0 Å². The van der Waals surface area contributed by atoms with Gasteiger partial charge in [-0.25, -0.2) is 4.98 Å². The standard InChI is InChI=1S/C12H20N4O/c1-15-7-4-14-12(15)8-11(17)9-16-5-2-10(13)3-6-16/h4,7,10H,2-3,5-6,8-9,13H2,1H3. The minimum Gasteiger partial charge on any atom is -0.338 e. The van der Waals surface area contributed by atoms with Crippen molar-refractivity contribution in [3.8, 4) is 0 Å². The van der Waals surface area contributed by atoms with Gasteiger partial charge in [0, 0.05) is 38.6 Å². The molecule has 0 amide bonds. The maximum atomic E-state index is 11.9. The average molecular weight is 236 g/mol. The monoisotopic (exact) mass is 236 g/mol. The van der Waals surface area contributed by atoms with Crippen LogP contribution in [0, 0.1) is 0 Å². The van der Waals surface area contributed by atoms with Crippen LogP contribution in [0.1, 0.15) is 18.7 Å². The van der Waals surface area contributed by atoms with Crippen LogP contribution in [0.3, 0.4) is 0 Å². The molecule has 0 radical (unpaired) electrons. The summed E-state index contributed by atoms with van der Waals surface area (Å²) in [7, 11) is 1.91. The predicted octanol–water partition coefficient (Wildman–Crippen LogP) is -0.0452. The van der Waals surface area contributed by atoms with Gasteiger partial charge in [-0.2, -0.15) is 0 Å². The molecule has 17 heavy (non-hydrogen) atoms. The molecule has 1 aliphatic rings. The molecule has 1 saturated heterocycles. The summed E-state index contributed by atoms with van der Waals surface area (Å²) in [6, 6.07) is 0.316. The first-order valence-corrected chi connectivity index (χ1v) is 6.11. The van der Waals surface area contributed by atoms with Gasteiger partial charge in [-0.05, 0) is 12.8 Å². The number of likely N-dealkylation sites (tertiary alicyclic amines) is 1. The van der Waals surface area contributed by atoms with Gasteiger partial charge in [-0.15, -0.1) is 0 Å². The van der Waals surface area contributed by atoms with Crippen molar-refractivity contribution >= 4 is 5.78 Å². The second-order valence-electron chi connectivity index (χ2n) is 4.78. The predicted molar refractivity (Wildman–Crippen MR) is 65.6 cm³/mol. The lowest BCUT2D eigenvalue weighted by atomic mass is 10.1. The number of carbonyl (C=O) groups is 1. The third-order valence-electron chi connectivity index (χ3n) is 3.31. The first-order chi connectivity index (χ1) is 8.15. The van der Waals surface area contributed by atoms with E-state index in [2.05, 4.69) is 9.88 Å². The topological polar surface area (TPSA) is 64.2 Å². The second kappa shape index (κ2) is 5.42. The van der Waals surface area contributed by atoms with Gasteiger partial charge in [-0.1, -0.05) is 0 Å². The molecule has 2 heterocycles. The van der Waals surface area contributed by atoms with Gasteiger partial charge in [0.05, 0.1) is 13.0 Å². The van der Waals surface area contributed by atoms with E-state index in [9.17, 15) is 4.79 Å². The van der Waals surface area contributed by atoms with E-state index in [1.807, 2.05) is 17.8 Å². The molecule has 1 aliphatic heterocycles. The molecular weight excluding hydrogens is 216 g/mol. The normalized spacial score (nSPS) is 18.5. The Balaban J connectivity index is 1.80. The van der Waals surface area contributed by atoms with E-state index >= 15 is 0 Å². The molecule has 1 fully saturated rings. The minimum atomic E-state index is 0.231. The number of hydrogen-bond donors (Lipinski definition) is 1. The van der Waals surface area contributed by atoms with Gasteiger partial charge in [0.1, 0.15) is 5.82 Å². The number of rotatable bonds is 4. The largest absolute Gasteiger partial charge is 0.338 e. The summed E-state index contributed by atoms with van der Waals surface area (Å²) >= 11 is 0. The van der Waals surface area contributed by atoms with Crippen LogP contribution in [0.5, 0.6) is 0 Å². The third kappa shape index (κ3) is 3.38. The number of ketones is 1. The number of piperidine rings is 1. The van der Waals surface area contributed by atoms with Crippen molar-refractivity contribution in [1.29, 1.82) is 0 Å². The molecule has 5 nitrogen and oxygen atoms in total. The van der Waals surface area contributed by atoms with Crippen molar-refractivity contribution in [1.82, 2.24) is 14.5 Å². The van der Waals surface area contributed by atoms with E-state index < -0.39 is 0 Å². The number of aromatic nitrogens is 2. The fourth-order valence-corrected chi connectivity index (χ4v) is 2.16. The van der Waals surface area contributed by atoms with Crippen LogP contribution in [0.15, 0.2) is 12.4 Å². The number of imidazole rings is 1. The van der Waals surface area contributed by atoms with Crippen LogP contribution >= 0.6 is 0 Å². The van der Waals surface area contributed by atoms with E-state index in [0.717, 1.165) is 31.8 Å². The number of carbonyl (C=O) groups excluding carboxylic acids is 1. The summed E-state index contributed by atoms with van der Waals surface area (Å²) in [4.78, 5) is 18.2. The van der Waals surface area contributed by atoms with E-state index in [1.165, 1.54) is 0 Å². The maximum absolute atomic E-state index is 11.9. The van der Waals surface area contributed by atoms with Crippen LogP contribution in [0.4, 0.5) is 0 Å². The van der Waals surface area contributed by atoms with E-state index in [-0.39, 0.29) is 5.78 Å². The molecular formula is C12H20N4O. The molecule has 1 aromatic rings. The molecule has 94 valence electrons. The van der Waals surface area contributed by atoms with Crippen molar-refractivity contribution in [3.05, 3.63) is 18.2 Å². The van der Waals surface area contributed by atoms with Crippen molar-refractivity contribution in [3.63, 3.8) is 0 Å². The Kier molecular flexibility index (Phi) is 3.91. The molecule has 1 aromatic heterocycles. The highest BCUT2D eigenvalue weighted by Crippen LogP contribution is 2.08. The molecule has 0 aromatic carbocycles. The number of hydrogen-bond acceptors (Lipinski definition) is 4. The van der Waals surface area contributed by atoms with Gasteiger partial charge in [-0.3, -0.25) is 9.69 Å². The highest BCUT2D eigenvalue weighted by Gasteiger charge is 2.18. The summed E-state index contributed by atoms with van der Waals surface area (Å²) in [6.45, 7) is 2.40. The molecule has 2 N–H and O–H groups in total. The second-order valence-corrected chi connectivity index (χ2v) is 4.78. The Morgan fingerprint density at radius 3 is 2.82 bits per heavy atom. The van der Waals surface area contributed by atoms with Gasteiger partial charge < -0.3 is 10.3 Å². The highest BCUT2D eigenvalue weighted by atomic mass is 16.1. The Bertz CT molecular complexity index is 380. The van der Waals surface area contributed by atoms with Crippen molar-refractivity contribution < 1.29 is 4.79 Å². The molecule has 0 aliphatic carbocycles. The van der Waals surface area contributed by atoms with Gasteiger partial charge in [0.25, 0.3) is 0 Å². The zero-order valence-corrected chi connectivity index (χ0v) is 10.3. The lowest BCUT2D eigenvalue weighted by Crippen LogP contribution is -2.42. The zero-order valence-electron chi connectivity index (χ0n) is 10.3. The highest BCUT2D eigenvalue weighted by molar-refractivity contribution is 5.82. The fourth-order valence-electron chi connectivity index (χ4n) is 2.16. The summed E-state index contributed by atoms with van der Waals surface area (Å²) in [6.07, 6.45) is 6.00. The Morgan fingerprint density at radius 2 is 2.24 bits per heavy atom. The summed E-state index contributed by atoms with van der Waals surface area (Å²) in [5.41, 5.74) is 5.83. The Labute approximate surface area is 102 Å². The first-order valence-electron chi connectivity index (χ1n) is 6.11. The van der Waals surface area contributed by atoms with Gasteiger partial charge in [0.2, 0.25) is 0 Å². The van der Waals surface area contributed by atoms with Gasteiger partial charge >= 0.3 is 0 Å². The number of Topliss-reactive ketones (excluding diaryl/α,β-unsaturated/α-hetero) is 1. The third-order valence-corrected chi connectivity index (χ3v) is 3.31. The molecule has 0 bridgehead atoms. The minimum absolute atomic E-state index is 0.231. The summed E-state index contributed by atoms with van der Waals surface area (Å²) < 4.78 is 1.89. The quantitative estimate of drug-likeness (QED) is 0.796. The lowest BCUT2D eigenvalue weighted by molar-refractivity contribution is -0.120. The number of nitrogens with two attached hydrogens (primary N) is 1. The lowest BCUT2D eigenvalue weighted by Gasteiger charge is -2.29. The molecule has 0 atom stereocenters. The average Bonchev–Trinajstić information content (AvgIpc) is 2.68. The Morgan fingerprint density at radius 1 is 1.53 bits per heavy atom. The zero-order chi connectivity index (χ0) is 12.3. The van der Waals surface area contributed by atoms with Crippen molar-refractivity contribution in [2.24, 2.45) is 12.8 Å². The van der Waals surface area contributed by atoms with Gasteiger partial charge in [0.15, 0.2) is 5.78 Å². The van der Waals surface area contributed by atoms with E-state index in [4.69, 9.17) is 5.73 Å². The van der Waals surface area contributed by atoms with Crippen molar-refractivity contribution in [2.75, 3.05) is 19.6 Å².